The van der Waals surface area contributed by atoms with Crippen LogP contribution in [0.2, 0.25) is 0 Å². The van der Waals surface area contributed by atoms with Gasteiger partial charge in [0.25, 0.3) is 0 Å². The highest BCUT2D eigenvalue weighted by atomic mass is 32.1. The van der Waals surface area contributed by atoms with E-state index in [-0.39, 0.29) is 5.41 Å². The fourth-order valence-electron chi connectivity index (χ4n) is 4.41. The molecular formula is C21H23F3N2O2S. The van der Waals surface area contributed by atoms with Crippen LogP contribution in [0.3, 0.4) is 0 Å². The molecule has 1 aliphatic carbocycles. The molecule has 0 radical (unpaired) electrons. The molecule has 0 saturated carbocycles. The van der Waals surface area contributed by atoms with Crippen LogP contribution in [0.5, 0.6) is 0 Å². The summed E-state index contributed by atoms with van der Waals surface area (Å²) in [6.45, 7) is 0.877. The lowest BCUT2D eigenvalue weighted by Crippen LogP contribution is -2.51. The minimum atomic E-state index is -5.00. The second kappa shape index (κ2) is 7.40. The van der Waals surface area contributed by atoms with Gasteiger partial charge in [0.2, 0.25) is 11.5 Å². The van der Waals surface area contributed by atoms with Crippen molar-refractivity contribution in [2.24, 2.45) is 5.41 Å². The first-order valence-corrected chi connectivity index (χ1v) is 10.6. The molecule has 1 aliphatic heterocycles. The summed E-state index contributed by atoms with van der Waals surface area (Å²) in [4.78, 5) is 18.4. The second-order valence-electron chi connectivity index (χ2n) is 8.15. The van der Waals surface area contributed by atoms with Crippen molar-refractivity contribution in [3.8, 4) is 0 Å². The summed E-state index contributed by atoms with van der Waals surface area (Å²) in [7, 11) is 0. The van der Waals surface area contributed by atoms with E-state index in [4.69, 9.17) is 0 Å². The molecular weight excluding hydrogens is 401 g/mol. The Morgan fingerprint density at radius 2 is 2.03 bits per heavy atom. The first kappa shape index (κ1) is 20.3. The Kier molecular flexibility index (Phi) is 5.19. The molecule has 1 N–H and O–H groups in total. The van der Waals surface area contributed by atoms with Gasteiger partial charge in [-0.25, -0.2) is 4.98 Å². The summed E-state index contributed by atoms with van der Waals surface area (Å²) >= 11 is 0.780. The number of fused-ring (bicyclic) bond motifs is 1. The molecule has 29 heavy (non-hydrogen) atoms. The summed E-state index contributed by atoms with van der Waals surface area (Å²) in [6.07, 6.45) is 2.63. The van der Waals surface area contributed by atoms with Crippen molar-refractivity contribution >= 4 is 27.5 Å². The smallest absolute Gasteiger partial charge is 0.374 e. The molecule has 2 unspecified atom stereocenters. The second-order valence-corrected chi connectivity index (χ2v) is 9.19. The number of para-hydroxylation sites is 1. The molecule has 1 amide bonds. The van der Waals surface area contributed by atoms with Crippen LogP contribution < -0.4 is 0 Å². The van der Waals surface area contributed by atoms with E-state index in [1.807, 2.05) is 0 Å². The zero-order valence-corrected chi connectivity index (χ0v) is 16.7. The van der Waals surface area contributed by atoms with Crippen LogP contribution in [0, 0.1) is 5.41 Å². The van der Waals surface area contributed by atoms with Crippen molar-refractivity contribution < 1.29 is 23.1 Å². The van der Waals surface area contributed by atoms with Crippen LogP contribution >= 0.6 is 11.3 Å². The quantitative estimate of drug-likeness (QED) is 0.721. The van der Waals surface area contributed by atoms with Gasteiger partial charge in [-0.3, -0.25) is 4.79 Å². The molecule has 1 fully saturated rings. The predicted molar refractivity (Wildman–Crippen MR) is 105 cm³/mol. The number of nitrogens with zero attached hydrogens (tertiary/aromatic N) is 2. The number of halogens is 3. The Balaban J connectivity index is 1.59. The number of piperidine rings is 1. The highest BCUT2D eigenvalue weighted by molar-refractivity contribution is 7.18. The molecule has 4 rings (SSSR count). The SMILES string of the molecule is O=C(CC(O)(c1nc2ccccc2s1)C(F)(F)F)N1CCCC2(CC=CCC2)C1. The molecule has 2 aromatic rings. The number of hydrogen-bond acceptors (Lipinski definition) is 4. The fraction of sp³-hybridized carbons (Fsp3) is 0.524. The molecule has 4 nitrogen and oxygen atoms in total. The van der Waals surface area contributed by atoms with Gasteiger partial charge >= 0.3 is 6.18 Å². The van der Waals surface area contributed by atoms with Gasteiger partial charge in [0, 0.05) is 13.1 Å². The van der Waals surface area contributed by atoms with Crippen LogP contribution in [-0.4, -0.2) is 40.2 Å². The van der Waals surface area contributed by atoms with E-state index >= 15 is 0 Å². The molecule has 1 aromatic carbocycles. The zero-order chi connectivity index (χ0) is 20.7. The Hall–Kier alpha value is -1.93. The molecule has 0 bridgehead atoms. The van der Waals surface area contributed by atoms with Crippen molar-refractivity contribution in [2.75, 3.05) is 13.1 Å². The Morgan fingerprint density at radius 1 is 1.24 bits per heavy atom. The third-order valence-corrected chi connectivity index (χ3v) is 7.28. The van der Waals surface area contributed by atoms with E-state index in [1.165, 1.54) is 4.90 Å². The van der Waals surface area contributed by atoms with E-state index in [0.29, 0.717) is 23.3 Å². The highest BCUT2D eigenvalue weighted by Gasteiger charge is 2.59. The number of likely N-dealkylation sites (tertiary alicyclic amines) is 1. The standard InChI is InChI=1S/C21H23F3N2O2S/c22-21(23,24)20(28,18-25-15-7-2-3-8-16(15)29-18)13-17(27)26-12-6-11-19(14-26)9-4-1-5-10-19/h1-4,7-8,28H,5-6,9-14H2. The van der Waals surface area contributed by atoms with Gasteiger partial charge in [-0.2, -0.15) is 13.2 Å². The van der Waals surface area contributed by atoms with E-state index in [0.717, 1.165) is 43.4 Å². The van der Waals surface area contributed by atoms with E-state index < -0.39 is 29.1 Å². The maximum atomic E-state index is 13.9. The average molecular weight is 424 g/mol. The minimum Gasteiger partial charge on any atom is -0.374 e. The third-order valence-electron chi connectivity index (χ3n) is 6.10. The zero-order valence-electron chi connectivity index (χ0n) is 15.9. The van der Waals surface area contributed by atoms with Crippen LogP contribution in [0.25, 0.3) is 10.2 Å². The summed E-state index contributed by atoms with van der Waals surface area (Å²) in [6, 6.07) is 6.63. The lowest BCUT2D eigenvalue weighted by atomic mass is 9.71. The Labute approximate surface area is 171 Å². The van der Waals surface area contributed by atoms with E-state index in [9.17, 15) is 23.1 Å². The fourth-order valence-corrected chi connectivity index (χ4v) is 5.48. The largest absolute Gasteiger partial charge is 0.424 e. The predicted octanol–water partition coefficient (Wildman–Crippen LogP) is 4.79. The van der Waals surface area contributed by atoms with Crippen molar-refractivity contribution in [2.45, 2.75) is 50.3 Å². The van der Waals surface area contributed by atoms with Gasteiger partial charge in [-0.15, -0.1) is 11.3 Å². The van der Waals surface area contributed by atoms with Gasteiger partial charge < -0.3 is 10.0 Å². The Morgan fingerprint density at radius 3 is 2.72 bits per heavy atom. The molecule has 2 aliphatic rings. The number of aliphatic hydroxyl groups is 1. The minimum absolute atomic E-state index is 0.0468. The number of thiazole rings is 1. The first-order chi connectivity index (χ1) is 13.7. The number of rotatable bonds is 3. The van der Waals surface area contributed by atoms with Gasteiger partial charge in [-0.1, -0.05) is 24.3 Å². The van der Waals surface area contributed by atoms with Crippen LogP contribution in [-0.2, 0) is 10.4 Å². The van der Waals surface area contributed by atoms with Crippen molar-refractivity contribution in [1.29, 1.82) is 0 Å². The molecule has 156 valence electrons. The number of hydrogen-bond donors (Lipinski definition) is 1. The number of alkyl halides is 3. The van der Waals surface area contributed by atoms with Gasteiger partial charge in [-0.05, 0) is 49.7 Å². The number of carbonyl (C=O) groups is 1. The summed E-state index contributed by atoms with van der Waals surface area (Å²) in [5.41, 5.74) is -2.95. The summed E-state index contributed by atoms with van der Waals surface area (Å²) < 4.78 is 42.3. The monoisotopic (exact) mass is 424 g/mol. The molecule has 1 saturated heterocycles. The third kappa shape index (κ3) is 3.80. The van der Waals surface area contributed by atoms with E-state index in [2.05, 4.69) is 17.1 Å². The van der Waals surface area contributed by atoms with Gasteiger partial charge in [0.15, 0.2) is 0 Å². The molecule has 2 atom stereocenters. The topological polar surface area (TPSA) is 53.4 Å². The lowest BCUT2D eigenvalue weighted by molar-refractivity contribution is -0.268. The van der Waals surface area contributed by atoms with Crippen LogP contribution in [0.1, 0.15) is 43.5 Å². The molecule has 1 aromatic heterocycles. The number of allylic oxidation sites excluding steroid dienone is 2. The number of amides is 1. The highest BCUT2D eigenvalue weighted by Crippen LogP contribution is 2.46. The molecule has 2 heterocycles. The summed E-state index contributed by atoms with van der Waals surface area (Å²) in [5, 5.41) is 10.2. The maximum Gasteiger partial charge on any atom is 0.424 e. The van der Waals surface area contributed by atoms with Gasteiger partial charge in [0.05, 0.1) is 16.6 Å². The number of aromatic nitrogens is 1. The van der Waals surface area contributed by atoms with Crippen LogP contribution in [0.4, 0.5) is 13.2 Å². The average Bonchev–Trinajstić information content (AvgIpc) is 3.12. The van der Waals surface area contributed by atoms with Crippen molar-refractivity contribution in [1.82, 2.24) is 9.88 Å². The maximum absolute atomic E-state index is 13.9. The molecule has 1 spiro atoms. The summed E-state index contributed by atoms with van der Waals surface area (Å²) in [5.74, 6) is -0.669. The van der Waals surface area contributed by atoms with Gasteiger partial charge in [0.1, 0.15) is 5.01 Å². The Bertz CT molecular complexity index is 908. The van der Waals surface area contributed by atoms with Crippen LogP contribution in [0.15, 0.2) is 36.4 Å². The van der Waals surface area contributed by atoms with E-state index in [1.54, 1.807) is 24.3 Å². The first-order valence-electron chi connectivity index (χ1n) is 9.80. The van der Waals surface area contributed by atoms with Crippen molar-refractivity contribution in [3.05, 3.63) is 41.4 Å². The number of carbonyl (C=O) groups excluding carboxylic acids is 1. The number of benzene rings is 1. The van der Waals surface area contributed by atoms with Crippen molar-refractivity contribution in [3.63, 3.8) is 0 Å². The normalized spacial score (nSPS) is 24.8. The molecule has 8 heteroatoms. The lowest BCUT2D eigenvalue weighted by Gasteiger charge is -2.44.